The predicted octanol–water partition coefficient (Wildman–Crippen LogP) is 1.87. The third-order valence-corrected chi connectivity index (χ3v) is 7.52. The molecule has 4 aliphatic rings. The number of hydrogen-bond acceptors (Lipinski definition) is 4. The Kier molecular flexibility index (Phi) is 3.55. The number of rotatable bonds is 3. The number of fused-ring (bicyclic) bond motifs is 1. The van der Waals surface area contributed by atoms with Crippen molar-refractivity contribution in [3.05, 3.63) is 26.1 Å². The molecule has 0 saturated heterocycles. The van der Waals surface area contributed by atoms with Crippen molar-refractivity contribution in [2.24, 2.45) is 37.3 Å². The molecule has 27 heavy (non-hydrogen) atoms. The van der Waals surface area contributed by atoms with Gasteiger partial charge in [-0.25, -0.2) is 4.79 Å². The van der Waals surface area contributed by atoms with E-state index in [2.05, 4.69) is 4.98 Å². The van der Waals surface area contributed by atoms with Crippen LogP contribution in [-0.4, -0.2) is 24.5 Å². The van der Waals surface area contributed by atoms with E-state index in [1.165, 1.54) is 35.4 Å². The van der Waals surface area contributed by atoms with E-state index in [-0.39, 0.29) is 34.2 Å². The topological polar surface area (TPSA) is 78.9 Å². The van der Waals surface area contributed by atoms with Crippen LogP contribution in [-0.2, 0) is 25.4 Å². The summed E-state index contributed by atoms with van der Waals surface area (Å²) in [5.74, 6) is 2.18. The van der Waals surface area contributed by atoms with E-state index in [0.29, 0.717) is 17.8 Å². The number of carbonyl (C=O) groups excluding carboxylic acids is 1. The quantitative estimate of drug-likeness (QED) is 0.749. The summed E-state index contributed by atoms with van der Waals surface area (Å²) in [4.78, 5) is 42.4. The van der Waals surface area contributed by atoms with E-state index >= 15 is 0 Å². The maximum Gasteiger partial charge on any atom is 0.332 e. The number of Topliss-reactive ketones (excluding diaryl/α,β-unsaturated/α-hetero) is 1. The van der Waals surface area contributed by atoms with Crippen LogP contribution < -0.4 is 11.2 Å². The zero-order chi connectivity index (χ0) is 19.1. The fraction of sp³-hybridized carbons (Fsp3) is 0.684. The Balaban J connectivity index is 1.58. The summed E-state index contributed by atoms with van der Waals surface area (Å²) < 4.78 is 3.83. The summed E-state index contributed by atoms with van der Waals surface area (Å²) >= 11 is 6.30. The second-order valence-electron chi connectivity index (χ2n) is 8.97. The van der Waals surface area contributed by atoms with Crippen LogP contribution >= 0.6 is 11.6 Å². The fourth-order valence-corrected chi connectivity index (χ4v) is 6.55. The van der Waals surface area contributed by atoms with E-state index in [0.717, 1.165) is 23.8 Å². The highest BCUT2D eigenvalue weighted by Gasteiger charge is 2.54. The molecule has 2 aromatic heterocycles. The summed E-state index contributed by atoms with van der Waals surface area (Å²) in [5.41, 5.74) is -0.734. The molecule has 7 nitrogen and oxygen atoms in total. The molecule has 4 bridgehead atoms. The summed E-state index contributed by atoms with van der Waals surface area (Å²) in [6, 6.07) is 0. The van der Waals surface area contributed by atoms with Crippen LogP contribution in [0.3, 0.4) is 0 Å². The minimum Gasteiger partial charge on any atom is -0.301 e. The Morgan fingerprint density at radius 1 is 1.07 bits per heavy atom. The number of ketones is 1. The van der Waals surface area contributed by atoms with Gasteiger partial charge < -0.3 is 4.57 Å². The van der Waals surface area contributed by atoms with Crippen molar-refractivity contribution in [3.63, 3.8) is 0 Å². The highest BCUT2D eigenvalue weighted by atomic mass is 35.5. The van der Waals surface area contributed by atoms with E-state index < -0.39 is 11.2 Å². The molecule has 0 aliphatic heterocycles. The molecule has 0 aromatic carbocycles. The molecule has 2 aromatic rings. The van der Waals surface area contributed by atoms with E-state index in [1.54, 1.807) is 7.05 Å². The number of nitrogens with zero attached hydrogens (tertiary/aromatic N) is 4. The number of halogens is 1. The molecule has 0 radical (unpaired) electrons. The second kappa shape index (κ2) is 5.56. The lowest BCUT2D eigenvalue weighted by molar-refractivity contribution is -0.144. The standard InChI is InChI=1S/C19H23ClN4O3/c1-22-15-14(16(26)23(2)18(22)27)24(17(20)21-15)9-13(25)19-6-10-3-11(7-19)5-12(4-10)8-19/h10-12H,3-9H2,1-2H3. The van der Waals surface area contributed by atoms with Gasteiger partial charge in [-0.2, -0.15) is 4.98 Å². The third-order valence-electron chi connectivity index (χ3n) is 7.23. The van der Waals surface area contributed by atoms with Crippen LogP contribution in [0.25, 0.3) is 11.2 Å². The van der Waals surface area contributed by atoms with E-state index in [4.69, 9.17) is 11.6 Å². The first-order valence-electron chi connectivity index (χ1n) is 9.64. The van der Waals surface area contributed by atoms with Gasteiger partial charge in [-0.3, -0.25) is 18.7 Å². The van der Waals surface area contributed by atoms with Gasteiger partial charge in [-0.05, 0) is 67.9 Å². The van der Waals surface area contributed by atoms with Crippen molar-refractivity contribution >= 4 is 28.5 Å². The van der Waals surface area contributed by atoms with Crippen LogP contribution in [0.4, 0.5) is 0 Å². The summed E-state index contributed by atoms with van der Waals surface area (Å²) in [5, 5.41) is 0.0846. The SMILES string of the molecule is Cn1c(=O)c2c(nc(Cl)n2CC(=O)C23CC4CC(CC(C4)C2)C3)n(C)c1=O. The van der Waals surface area contributed by atoms with Gasteiger partial charge in [0.05, 0.1) is 6.54 Å². The molecule has 4 saturated carbocycles. The van der Waals surface area contributed by atoms with Gasteiger partial charge in [0.15, 0.2) is 16.9 Å². The molecule has 6 rings (SSSR count). The smallest absolute Gasteiger partial charge is 0.301 e. The average molecular weight is 391 g/mol. The first-order chi connectivity index (χ1) is 12.8. The lowest BCUT2D eigenvalue weighted by Gasteiger charge is -2.56. The molecule has 4 aliphatic carbocycles. The normalized spacial score (nSPS) is 31.7. The Morgan fingerprint density at radius 3 is 2.19 bits per heavy atom. The van der Waals surface area contributed by atoms with E-state index in [9.17, 15) is 14.4 Å². The van der Waals surface area contributed by atoms with Gasteiger partial charge in [0.1, 0.15) is 0 Å². The monoisotopic (exact) mass is 390 g/mol. The molecule has 144 valence electrons. The van der Waals surface area contributed by atoms with Gasteiger partial charge in [-0.1, -0.05) is 0 Å². The number of carbonyl (C=O) groups is 1. The van der Waals surface area contributed by atoms with Crippen molar-refractivity contribution in [2.75, 3.05) is 0 Å². The highest BCUT2D eigenvalue weighted by molar-refractivity contribution is 6.29. The van der Waals surface area contributed by atoms with Crippen molar-refractivity contribution < 1.29 is 4.79 Å². The van der Waals surface area contributed by atoms with E-state index in [1.807, 2.05) is 0 Å². The van der Waals surface area contributed by atoms with Crippen LogP contribution in [0.2, 0.25) is 5.28 Å². The number of hydrogen-bond donors (Lipinski definition) is 0. The van der Waals surface area contributed by atoms with Crippen LogP contribution in [0.5, 0.6) is 0 Å². The maximum absolute atomic E-state index is 13.4. The molecule has 0 N–H and O–H groups in total. The molecular weight excluding hydrogens is 368 g/mol. The fourth-order valence-electron chi connectivity index (χ4n) is 6.33. The largest absolute Gasteiger partial charge is 0.332 e. The molecule has 0 spiro atoms. The van der Waals surface area contributed by atoms with Gasteiger partial charge in [0.2, 0.25) is 5.28 Å². The first-order valence-corrected chi connectivity index (χ1v) is 10.0. The minimum atomic E-state index is -0.467. The highest BCUT2D eigenvalue weighted by Crippen LogP contribution is 2.60. The Labute approximate surface area is 160 Å². The molecule has 2 heterocycles. The third kappa shape index (κ3) is 2.33. The maximum atomic E-state index is 13.4. The molecular formula is C19H23ClN4O3. The lowest BCUT2D eigenvalue weighted by atomic mass is 9.48. The zero-order valence-electron chi connectivity index (χ0n) is 15.6. The van der Waals surface area contributed by atoms with Crippen molar-refractivity contribution in [2.45, 2.75) is 45.1 Å². The van der Waals surface area contributed by atoms with Gasteiger partial charge in [0.25, 0.3) is 5.56 Å². The van der Waals surface area contributed by atoms with Gasteiger partial charge >= 0.3 is 5.69 Å². The molecule has 0 atom stereocenters. The second-order valence-corrected chi connectivity index (χ2v) is 9.30. The Hall–Kier alpha value is -1.89. The molecule has 0 unspecified atom stereocenters. The van der Waals surface area contributed by atoms with Crippen LogP contribution in [0, 0.1) is 23.2 Å². The molecule has 4 fully saturated rings. The first kappa shape index (κ1) is 17.2. The minimum absolute atomic E-state index is 0.0505. The number of aryl methyl sites for hydroxylation is 1. The van der Waals surface area contributed by atoms with Crippen molar-refractivity contribution in [1.82, 2.24) is 18.7 Å². The van der Waals surface area contributed by atoms with Gasteiger partial charge in [-0.15, -0.1) is 0 Å². The van der Waals surface area contributed by atoms with Crippen LogP contribution in [0.15, 0.2) is 9.59 Å². The summed E-state index contributed by atoms with van der Waals surface area (Å²) in [6.45, 7) is 0.0505. The average Bonchev–Trinajstić information content (AvgIpc) is 2.93. The molecule has 0 amide bonds. The van der Waals surface area contributed by atoms with Crippen LogP contribution in [0.1, 0.15) is 38.5 Å². The Bertz CT molecular complexity index is 1060. The summed E-state index contributed by atoms with van der Waals surface area (Å²) in [7, 11) is 2.98. The molecule has 8 heteroatoms. The zero-order valence-corrected chi connectivity index (χ0v) is 16.3. The lowest BCUT2D eigenvalue weighted by Crippen LogP contribution is -2.50. The number of aromatic nitrogens is 4. The van der Waals surface area contributed by atoms with Crippen molar-refractivity contribution in [3.8, 4) is 0 Å². The summed E-state index contributed by atoms with van der Waals surface area (Å²) in [6.07, 6.45) is 6.72. The van der Waals surface area contributed by atoms with Gasteiger partial charge in [0, 0.05) is 19.5 Å². The predicted molar refractivity (Wildman–Crippen MR) is 101 cm³/mol. The number of imidazole rings is 1. The van der Waals surface area contributed by atoms with Crippen molar-refractivity contribution in [1.29, 1.82) is 0 Å². The Morgan fingerprint density at radius 2 is 1.63 bits per heavy atom.